The topological polar surface area (TPSA) is 59.4 Å². The zero-order valence-electron chi connectivity index (χ0n) is 14.9. The van der Waals surface area contributed by atoms with E-state index in [9.17, 15) is 9.90 Å². The summed E-state index contributed by atoms with van der Waals surface area (Å²) in [6.45, 7) is 3.93. The molecule has 1 saturated heterocycles. The van der Waals surface area contributed by atoms with Crippen LogP contribution in [-0.2, 0) is 11.2 Å². The molecule has 4 heteroatoms. The molecule has 3 rings (SSSR count). The van der Waals surface area contributed by atoms with Gasteiger partial charge in [0.2, 0.25) is 0 Å². The Morgan fingerprint density at radius 3 is 2.68 bits per heavy atom. The molecule has 2 atom stereocenters. The van der Waals surface area contributed by atoms with Gasteiger partial charge in [-0.05, 0) is 63.1 Å². The Hall–Kier alpha value is -2.20. The van der Waals surface area contributed by atoms with E-state index in [-0.39, 0.29) is 12.2 Å². The van der Waals surface area contributed by atoms with Gasteiger partial charge in [-0.1, -0.05) is 29.8 Å². The van der Waals surface area contributed by atoms with E-state index in [1.807, 2.05) is 6.92 Å². The van der Waals surface area contributed by atoms with Gasteiger partial charge in [0, 0.05) is 11.9 Å². The number of carboxylic acids is 1. The van der Waals surface area contributed by atoms with Crippen molar-refractivity contribution in [2.24, 2.45) is 0 Å². The number of benzene rings is 1. The number of aromatic carboxylic acids is 1. The Morgan fingerprint density at radius 1 is 1.20 bits per heavy atom. The van der Waals surface area contributed by atoms with Crippen molar-refractivity contribution in [3.63, 3.8) is 0 Å². The fourth-order valence-corrected chi connectivity index (χ4v) is 3.50. The van der Waals surface area contributed by atoms with Crippen LogP contribution in [0.4, 0.5) is 0 Å². The van der Waals surface area contributed by atoms with Gasteiger partial charge in [0.1, 0.15) is 0 Å². The first-order valence-corrected chi connectivity index (χ1v) is 8.94. The summed E-state index contributed by atoms with van der Waals surface area (Å²) >= 11 is 0. The molecule has 4 nitrogen and oxygen atoms in total. The number of nitrogens with zero attached hydrogens (tertiary/aromatic N) is 1. The molecule has 1 N–H and O–H groups in total. The Balaban J connectivity index is 1.63. The van der Waals surface area contributed by atoms with Crippen molar-refractivity contribution < 1.29 is 14.6 Å². The number of ether oxygens (including phenoxy) is 1. The average Bonchev–Trinajstić information content (AvgIpc) is 2.61. The van der Waals surface area contributed by atoms with Crippen LogP contribution >= 0.6 is 0 Å². The Kier molecular flexibility index (Phi) is 5.49. The molecule has 1 aromatic heterocycles. The second-order valence-electron chi connectivity index (χ2n) is 6.86. The zero-order valence-corrected chi connectivity index (χ0v) is 14.9. The molecule has 2 aromatic rings. The second kappa shape index (κ2) is 7.79. The molecule has 25 heavy (non-hydrogen) atoms. The fraction of sp³-hybridized carbons (Fsp3) is 0.429. The number of aryl methyl sites for hydroxylation is 2. The van der Waals surface area contributed by atoms with Crippen LogP contribution in [-0.4, -0.2) is 22.2 Å². The largest absolute Gasteiger partial charge is 0.478 e. The monoisotopic (exact) mass is 339 g/mol. The lowest BCUT2D eigenvalue weighted by Crippen LogP contribution is -2.23. The molecule has 0 amide bonds. The maximum absolute atomic E-state index is 11.3. The van der Waals surface area contributed by atoms with Gasteiger partial charge in [-0.25, -0.2) is 4.79 Å². The standard InChI is InChI=1S/C21H25NO3/c1-14-6-8-16(9-7-14)20-5-3-4-17(25-20)10-11-19-15(2)18(21(23)24)12-13-22-19/h6-9,12-13,17,20H,3-5,10-11H2,1-2H3,(H,23,24)/t17-,20+/m1/s1. The highest BCUT2D eigenvalue weighted by molar-refractivity contribution is 5.89. The van der Waals surface area contributed by atoms with Crippen LogP contribution in [0.1, 0.15) is 64.5 Å². The summed E-state index contributed by atoms with van der Waals surface area (Å²) < 4.78 is 6.31. The minimum absolute atomic E-state index is 0.166. The van der Waals surface area contributed by atoms with Crippen LogP contribution in [0.15, 0.2) is 36.5 Å². The van der Waals surface area contributed by atoms with E-state index in [0.29, 0.717) is 5.56 Å². The lowest BCUT2D eigenvalue weighted by Gasteiger charge is -2.30. The lowest BCUT2D eigenvalue weighted by molar-refractivity contribution is -0.0547. The molecule has 1 aromatic carbocycles. The summed E-state index contributed by atoms with van der Waals surface area (Å²) in [6.07, 6.45) is 6.85. The first kappa shape index (κ1) is 17.6. The first-order chi connectivity index (χ1) is 12.0. The van der Waals surface area contributed by atoms with Crippen molar-refractivity contribution in [2.75, 3.05) is 0 Å². The zero-order chi connectivity index (χ0) is 17.8. The van der Waals surface area contributed by atoms with Crippen LogP contribution in [0.3, 0.4) is 0 Å². The molecule has 132 valence electrons. The Labute approximate surface area is 148 Å². The number of aromatic nitrogens is 1. The number of hydrogen-bond acceptors (Lipinski definition) is 3. The average molecular weight is 339 g/mol. The maximum Gasteiger partial charge on any atom is 0.336 e. The molecule has 1 aliphatic heterocycles. The summed E-state index contributed by atoms with van der Waals surface area (Å²) in [6, 6.07) is 10.1. The summed E-state index contributed by atoms with van der Waals surface area (Å²) in [5, 5.41) is 9.23. The summed E-state index contributed by atoms with van der Waals surface area (Å²) in [4.78, 5) is 15.6. The molecular weight excluding hydrogens is 314 g/mol. The predicted octanol–water partition coefficient (Wildman–Crippen LogP) is 4.64. The molecule has 0 unspecified atom stereocenters. The summed E-state index contributed by atoms with van der Waals surface area (Å²) in [5.74, 6) is -0.894. The summed E-state index contributed by atoms with van der Waals surface area (Å²) in [7, 11) is 0. The highest BCUT2D eigenvalue weighted by atomic mass is 16.5. The SMILES string of the molecule is Cc1ccc([C@@H]2CCC[C@H](CCc3nccc(C(=O)O)c3C)O2)cc1. The van der Waals surface area contributed by atoms with Crippen molar-refractivity contribution in [3.8, 4) is 0 Å². The number of carboxylic acid groups (broad SMARTS) is 1. The van der Waals surface area contributed by atoms with Crippen LogP contribution < -0.4 is 0 Å². The van der Waals surface area contributed by atoms with Gasteiger partial charge < -0.3 is 9.84 Å². The highest BCUT2D eigenvalue weighted by Crippen LogP contribution is 2.33. The van der Waals surface area contributed by atoms with Crippen molar-refractivity contribution in [1.82, 2.24) is 4.98 Å². The van der Waals surface area contributed by atoms with E-state index < -0.39 is 5.97 Å². The van der Waals surface area contributed by atoms with Crippen LogP contribution in [0.25, 0.3) is 0 Å². The molecule has 0 spiro atoms. The van der Waals surface area contributed by atoms with E-state index >= 15 is 0 Å². The van der Waals surface area contributed by atoms with Gasteiger partial charge in [0.05, 0.1) is 17.8 Å². The summed E-state index contributed by atoms with van der Waals surface area (Å²) in [5.41, 5.74) is 4.47. The van der Waals surface area contributed by atoms with Gasteiger partial charge in [-0.15, -0.1) is 0 Å². The molecular formula is C21H25NO3. The number of carbonyl (C=O) groups is 1. The van der Waals surface area contributed by atoms with Gasteiger partial charge in [-0.2, -0.15) is 0 Å². The van der Waals surface area contributed by atoms with Crippen molar-refractivity contribution in [1.29, 1.82) is 0 Å². The predicted molar refractivity (Wildman–Crippen MR) is 96.9 cm³/mol. The molecule has 0 bridgehead atoms. The van der Waals surface area contributed by atoms with E-state index in [1.165, 1.54) is 11.1 Å². The quantitative estimate of drug-likeness (QED) is 0.862. The molecule has 0 saturated carbocycles. The van der Waals surface area contributed by atoms with Gasteiger partial charge in [0.25, 0.3) is 0 Å². The number of rotatable bonds is 5. The fourth-order valence-electron chi connectivity index (χ4n) is 3.50. The van der Waals surface area contributed by atoms with E-state index in [1.54, 1.807) is 12.3 Å². The van der Waals surface area contributed by atoms with Crippen LogP contribution in [0.2, 0.25) is 0 Å². The molecule has 1 aliphatic rings. The van der Waals surface area contributed by atoms with E-state index in [2.05, 4.69) is 36.2 Å². The minimum Gasteiger partial charge on any atom is -0.478 e. The molecule has 2 heterocycles. The molecule has 1 fully saturated rings. The van der Waals surface area contributed by atoms with Crippen molar-refractivity contribution in [2.45, 2.75) is 58.2 Å². The van der Waals surface area contributed by atoms with E-state index in [4.69, 9.17) is 4.74 Å². The van der Waals surface area contributed by atoms with Crippen molar-refractivity contribution >= 4 is 5.97 Å². The maximum atomic E-state index is 11.3. The first-order valence-electron chi connectivity index (χ1n) is 8.94. The number of pyridine rings is 1. The number of hydrogen-bond donors (Lipinski definition) is 1. The Morgan fingerprint density at radius 2 is 1.96 bits per heavy atom. The van der Waals surface area contributed by atoms with Crippen LogP contribution in [0.5, 0.6) is 0 Å². The van der Waals surface area contributed by atoms with E-state index in [0.717, 1.165) is 43.4 Å². The molecule has 0 aliphatic carbocycles. The normalized spacial score (nSPS) is 20.4. The van der Waals surface area contributed by atoms with Gasteiger partial charge in [-0.3, -0.25) is 4.98 Å². The Bertz CT molecular complexity index is 739. The van der Waals surface area contributed by atoms with Gasteiger partial charge in [0.15, 0.2) is 0 Å². The minimum atomic E-state index is -0.894. The molecule has 0 radical (unpaired) electrons. The van der Waals surface area contributed by atoms with Gasteiger partial charge >= 0.3 is 5.97 Å². The third kappa shape index (κ3) is 4.26. The highest BCUT2D eigenvalue weighted by Gasteiger charge is 2.24. The third-order valence-electron chi connectivity index (χ3n) is 5.04. The lowest BCUT2D eigenvalue weighted by atomic mass is 9.95. The third-order valence-corrected chi connectivity index (χ3v) is 5.04. The second-order valence-corrected chi connectivity index (χ2v) is 6.86. The van der Waals surface area contributed by atoms with Crippen LogP contribution in [0, 0.1) is 13.8 Å². The smallest absolute Gasteiger partial charge is 0.336 e. The van der Waals surface area contributed by atoms with Crippen molar-refractivity contribution in [3.05, 3.63) is 64.5 Å².